The minimum absolute atomic E-state index is 0.0204. The number of piperazine rings is 1. The van der Waals surface area contributed by atoms with Crippen molar-refractivity contribution in [3.8, 4) is 5.75 Å². The molecule has 200 valence electrons. The average molecular weight is 519 g/mol. The van der Waals surface area contributed by atoms with Gasteiger partial charge in [0.05, 0.1) is 30.5 Å². The van der Waals surface area contributed by atoms with Crippen LogP contribution in [0.5, 0.6) is 5.75 Å². The standard InChI is InChI=1S/C27H33F3N4O3/c1-37-25(36)20-10-11-24(35)23(17-20)32-26(31-18-19-6-5-7-21(16-19)27(28,29)30)34-14-12-33(13-15-34)22-8-3-2-4-9-22/h5-7,10-11,16-17,22,35H,2-4,8-9,12-15,18H2,1H3,(H,31,32). The van der Waals surface area contributed by atoms with Gasteiger partial charge in [-0.05, 0) is 48.7 Å². The third-order valence-corrected chi connectivity index (χ3v) is 7.03. The van der Waals surface area contributed by atoms with Crippen LogP contribution in [0.3, 0.4) is 0 Å². The van der Waals surface area contributed by atoms with E-state index in [9.17, 15) is 23.1 Å². The van der Waals surface area contributed by atoms with E-state index in [-0.39, 0.29) is 23.5 Å². The van der Waals surface area contributed by atoms with Crippen LogP contribution >= 0.6 is 0 Å². The Labute approximate surface area is 214 Å². The van der Waals surface area contributed by atoms with Crippen LogP contribution in [-0.4, -0.2) is 66.2 Å². The molecule has 2 aromatic carbocycles. The molecule has 2 aliphatic rings. The first-order valence-electron chi connectivity index (χ1n) is 12.6. The first-order chi connectivity index (χ1) is 17.7. The Morgan fingerprint density at radius 3 is 2.49 bits per heavy atom. The largest absolute Gasteiger partial charge is 0.506 e. The number of aromatic hydroxyl groups is 1. The summed E-state index contributed by atoms with van der Waals surface area (Å²) >= 11 is 0. The van der Waals surface area contributed by atoms with Gasteiger partial charge < -0.3 is 20.1 Å². The smallest absolute Gasteiger partial charge is 0.416 e. The molecule has 4 rings (SSSR count). The maximum Gasteiger partial charge on any atom is 0.416 e. The molecule has 0 amide bonds. The number of alkyl halides is 3. The Morgan fingerprint density at radius 2 is 1.81 bits per heavy atom. The van der Waals surface area contributed by atoms with Gasteiger partial charge in [-0.25, -0.2) is 9.79 Å². The van der Waals surface area contributed by atoms with Gasteiger partial charge >= 0.3 is 12.1 Å². The SMILES string of the molecule is COC(=O)c1ccc(O)c(NC(=NCc2cccc(C(F)(F)F)c2)N2CCN(C3CCCCC3)CC2)c1. The van der Waals surface area contributed by atoms with Crippen molar-refractivity contribution < 1.29 is 27.8 Å². The molecule has 0 bridgehead atoms. The third kappa shape index (κ3) is 6.94. The zero-order valence-electron chi connectivity index (χ0n) is 20.9. The fraction of sp³-hybridized carbons (Fsp3) is 0.481. The lowest BCUT2D eigenvalue weighted by Crippen LogP contribution is -2.53. The summed E-state index contributed by atoms with van der Waals surface area (Å²) < 4.78 is 44.3. The highest BCUT2D eigenvalue weighted by molar-refractivity contribution is 5.97. The number of nitrogens with zero attached hydrogens (tertiary/aromatic N) is 3. The van der Waals surface area contributed by atoms with Crippen molar-refractivity contribution >= 4 is 17.6 Å². The second kappa shape index (κ2) is 11.9. The van der Waals surface area contributed by atoms with Crippen molar-refractivity contribution in [1.82, 2.24) is 9.80 Å². The first-order valence-corrected chi connectivity index (χ1v) is 12.6. The number of carbonyl (C=O) groups excluding carboxylic acids is 1. The number of carbonyl (C=O) groups is 1. The summed E-state index contributed by atoms with van der Waals surface area (Å²) in [5.41, 5.74) is 0.212. The number of benzene rings is 2. The molecule has 1 aliphatic heterocycles. The van der Waals surface area contributed by atoms with Gasteiger partial charge in [-0.1, -0.05) is 31.4 Å². The van der Waals surface area contributed by atoms with Gasteiger partial charge in [-0.2, -0.15) is 13.2 Å². The molecule has 0 spiro atoms. The van der Waals surface area contributed by atoms with Crippen molar-refractivity contribution in [1.29, 1.82) is 0 Å². The predicted octanol–water partition coefficient (Wildman–Crippen LogP) is 5.12. The van der Waals surface area contributed by atoms with Crippen LogP contribution in [0, 0.1) is 0 Å². The van der Waals surface area contributed by atoms with E-state index < -0.39 is 17.7 Å². The van der Waals surface area contributed by atoms with Crippen LogP contribution in [0.2, 0.25) is 0 Å². The van der Waals surface area contributed by atoms with Crippen LogP contribution in [0.25, 0.3) is 0 Å². The molecular weight excluding hydrogens is 485 g/mol. The summed E-state index contributed by atoms with van der Waals surface area (Å²) in [7, 11) is 1.27. The summed E-state index contributed by atoms with van der Waals surface area (Å²) in [5.74, 6) is -0.204. The Kier molecular flexibility index (Phi) is 8.58. The van der Waals surface area contributed by atoms with E-state index in [0.717, 1.165) is 25.2 Å². The summed E-state index contributed by atoms with van der Waals surface area (Å²) in [5, 5.41) is 13.6. The molecule has 0 unspecified atom stereocenters. The van der Waals surface area contributed by atoms with Gasteiger partial charge in [-0.15, -0.1) is 0 Å². The van der Waals surface area contributed by atoms with Crippen LogP contribution in [0.15, 0.2) is 47.5 Å². The van der Waals surface area contributed by atoms with E-state index in [1.165, 1.54) is 63.5 Å². The molecule has 1 heterocycles. The van der Waals surface area contributed by atoms with Crippen LogP contribution in [0.4, 0.5) is 18.9 Å². The second-order valence-electron chi connectivity index (χ2n) is 9.50. The molecule has 2 N–H and O–H groups in total. The lowest BCUT2D eigenvalue weighted by atomic mass is 9.94. The summed E-state index contributed by atoms with van der Waals surface area (Å²) in [4.78, 5) is 21.2. The van der Waals surface area contributed by atoms with Crippen LogP contribution in [-0.2, 0) is 17.5 Å². The number of anilines is 1. The van der Waals surface area contributed by atoms with Crippen molar-refractivity contribution in [3.63, 3.8) is 0 Å². The van der Waals surface area contributed by atoms with Crippen LogP contribution in [0.1, 0.15) is 53.6 Å². The molecular formula is C27H33F3N4O3. The lowest BCUT2D eigenvalue weighted by Gasteiger charge is -2.41. The molecule has 7 nitrogen and oxygen atoms in total. The second-order valence-corrected chi connectivity index (χ2v) is 9.50. The quantitative estimate of drug-likeness (QED) is 0.248. The number of nitrogens with one attached hydrogen (secondary N) is 1. The average Bonchev–Trinajstić information content (AvgIpc) is 2.92. The number of aliphatic imine (C=N–C) groups is 1. The number of rotatable bonds is 5. The van der Waals surface area contributed by atoms with E-state index in [4.69, 9.17) is 4.74 Å². The van der Waals surface area contributed by atoms with E-state index in [0.29, 0.717) is 30.7 Å². The van der Waals surface area contributed by atoms with Crippen molar-refractivity contribution in [2.45, 2.75) is 50.9 Å². The Hall–Kier alpha value is -3.27. The molecule has 1 saturated carbocycles. The number of methoxy groups -OCH3 is 1. The fourth-order valence-corrected chi connectivity index (χ4v) is 4.98. The van der Waals surface area contributed by atoms with Crippen molar-refractivity contribution in [3.05, 3.63) is 59.2 Å². The number of esters is 1. The number of ether oxygens (including phenoxy) is 1. The molecule has 0 atom stereocenters. The molecule has 10 heteroatoms. The Morgan fingerprint density at radius 1 is 1.08 bits per heavy atom. The monoisotopic (exact) mass is 518 g/mol. The minimum atomic E-state index is -4.43. The molecule has 0 radical (unpaired) electrons. The highest BCUT2D eigenvalue weighted by atomic mass is 19.4. The van der Waals surface area contributed by atoms with Gasteiger partial charge in [0.2, 0.25) is 0 Å². The van der Waals surface area contributed by atoms with E-state index >= 15 is 0 Å². The number of guanidine groups is 1. The number of hydrogen-bond acceptors (Lipinski definition) is 5. The van der Waals surface area contributed by atoms with Gasteiger partial charge in [0.15, 0.2) is 5.96 Å². The highest BCUT2D eigenvalue weighted by Crippen LogP contribution is 2.30. The molecule has 1 saturated heterocycles. The third-order valence-electron chi connectivity index (χ3n) is 7.03. The number of halogens is 3. The fourth-order valence-electron chi connectivity index (χ4n) is 4.98. The molecule has 2 fully saturated rings. The highest BCUT2D eigenvalue weighted by Gasteiger charge is 2.30. The molecule has 37 heavy (non-hydrogen) atoms. The topological polar surface area (TPSA) is 77.4 Å². The summed E-state index contributed by atoms with van der Waals surface area (Å²) in [6.07, 6.45) is 1.79. The zero-order valence-corrected chi connectivity index (χ0v) is 20.9. The van der Waals surface area contributed by atoms with Gasteiger partial charge in [-0.3, -0.25) is 4.90 Å². The van der Waals surface area contributed by atoms with E-state index in [1.807, 2.05) is 4.90 Å². The van der Waals surface area contributed by atoms with Gasteiger partial charge in [0.25, 0.3) is 0 Å². The van der Waals surface area contributed by atoms with E-state index in [2.05, 4.69) is 15.2 Å². The number of hydrogen-bond donors (Lipinski definition) is 2. The molecule has 2 aromatic rings. The molecule has 0 aromatic heterocycles. The zero-order chi connectivity index (χ0) is 26.4. The Balaban J connectivity index is 1.56. The van der Waals surface area contributed by atoms with Gasteiger partial charge in [0.1, 0.15) is 5.75 Å². The predicted molar refractivity (Wildman–Crippen MR) is 136 cm³/mol. The van der Waals surface area contributed by atoms with Gasteiger partial charge in [0, 0.05) is 32.2 Å². The lowest BCUT2D eigenvalue weighted by molar-refractivity contribution is -0.137. The summed E-state index contributed by atoms with van der Waals surface area (Å²) in [6.45, 7) is 3.09. The maximum absolute atomic E-state index is 13.2. The van der Waals surface area contributed by atoms with Crippen LogP contribution < -0.4 is 5.32 Å². The Bertz CT molecular complexity index is 1110. The number of phenolic OH excluding ortho intramolecular Hbond substituents is 1. The van der Waals surface area contributed by atoms with Crippen molar-refractivity contribution in [2.75, 3.05) is 38.6 Å². The van der Waals surface area contributed by atoms with E-state index in [1.54, 1.807) is 6.07 Å². The first kappa shape index (κ1) is 26.8. The molecule has 1 aliphatic carbocycles. The minimum Gasteiger partial charge on any atom is -0.506 e. The summed E-state index contributed by atoms with van der Waals surface area (Å²) in [6, 6.07) is 10.0. The van der Waals surface area contributed by atoms with Crippen molar-refractivity contribution in [2.24, 2.45) is 4.99 Å². The normalized spacial score (nSPS) is 18.1. The number of phenols is 1. The maximum atomic E-state index is 13.2.